The van der Waals surface area contributed by atoms with E-state index < -0.39 is 18.3 Å². The van der Waals surface area contributed by atoms with E-state index in [9.17, 15) is 4.79 Å². The van der Waals surface area contributed by atoms with Crippen LogP contribution in [-0.4, -0.2) is 43.2 Å². The molecule has 0 aliphatic carbocycles. The summed E-state index contributed by atoms with van der Waals surface area (Å²) in [7, 11) is 2.89. The van der Waals surface area contributed by atoms with Crippen LogP contribution < -0.4 is 5.46 Å². The molecular weight excluding hydrogens is 288 g/mol. The van der Waals surface area contributed by atoms with Crippen LogP contribution in [0, 0.1) is 0 Å². The third-order valence-electron chi connectivity index (χ3n) is 4.15. The number of rotatable bonds is 2. The van der Waals surface area contributed by atoms with Crippen LogP contribution in [0.4, 0.5) is 0 Å². The lowest BCUT2D eigenvalue weighted by atomic mass is 9.78. The van der Waals surface area contributed by atoms with Gasteiger partial charge in [0.25, 0.3) is 5.91 Å². The molecule has 0 unspecified atom stereocenters. The minimum Gasteiger partial charge on any atom is -0.399 e. The largest absolute Gasteiger partial charge is 0.494 e. The van der Waals surface area contributed by atoms with Gasteiger partial charge in [-0.3, -0.25) is 4.79 Å². The van der Waals surface area contributed by atoms with E-state index in [4.69, 9.17) is 20.9 Å². The lowest BCUT2D eigenvalue weighted by molar-refractivity contribution is 0.00578. The number of carbonyl (C=O) groups excluding carboxylic acids is 1. The standard InChI is InChI=1S/C15H21BClNO3/c1-14(2)15(3,4)21-16(20-14)10-7-8-12(17)11(9-10)13(19)18(5)6/h7-9H,1-6H3. The average Bonchev–Trinajstić information content (AvgIpc) is 2.58. The van der Waals surface area contributed by atoms with Crippen molar-refractivity contribution >= 4 is 30.1 Å². The molecule has 1 saturated heterocycles. The topological polar surface area (TPSA) is 38.8 Å². The molecule has 0 N–H and O–H groups in total. The summed E-state index contributed by atoms with van der Waals surface area (Å²) in [5.74, 6) is -0.140. The van der Waals surface area contributed by atoms with Crippen molar-refractivity contribution in [3.8, 4) is 0 Å². The quantitative estimate of drug-likeness (QED) is 0.787. The van der Waals surface area contributed by atoms with Gasteiger partial charge in [-0.1, -0.05) is 17.7 Å². The Balaban J connectivity index is 2.35. The summed E-state index contributed by atoms with van der Waals surface area (Å²) >= 11 is 6.12. The Morgan fingerprint density at radius 1 is 1.14 bits per heavy atom. The first-order chi connectivity index (χ1) is 9.55. The second kappa shape index (κ2) is 5.31. The Labute approximate surface area is 131 Å². The minimum atomic E-state index is -0.499. The first-order valence-electron chi connectivity index (χ1n) is 6.92. The van der Waals surface area contributed by atoms with Crippen molar-refractivity contribution in [2.75, 3.05) is 14.1 Å². The number of nitrogens with zero attached hydrogens (tertiary/aromatic N) is 1. The van der Waals surface area contributed by atoms with Gasteiger partial charge in [0, 0.05) is 14.1 Å². The van der Waals surface area contributed by atoms with Gasteiger partial charge in [0.15, 0.2) is 0 Å². The first-order valence-corrected chi connectivity index (χ1v) is 7.30. The van der Waals surface area contributed by atoms with Gasteiger partial charge >= 0.3 is 7.12 Å². The maximum Gasteiger partial charge on any atom is 0.494 e. The SMILES string of the molecule is CN(C)C(=O)c1cc(B2OC(C)(C)C(C)(C)O2)ccc1Cl. The van der Waals surface area contributed by atoms with Gasteiger partial charge in [0.05, 0.1) is 21.8 Å². The molecule has 21 heavy (non-hydrogen) atoms. The Hall–Kier alpha value is -1.04. The van der Waals surface area contributed by atoms with Gasteiger partial charge in [-0.15, -0.1) is 0 Å². The number of benzene rings is 1. The molecule has 1 aromatic rings. The molecular formula is C15H21BClNO3. The second-order valence-electron chi connectivity index (χ2n) is 6.53. The maximum atomic E-state index is 12.1. The van der Waals surface area contributed by atoms with E-state index in [2.05, 4.69) is 0 Å². The molecule has 0 radical (unpaired) electrons. The molecule has 4 nitrogen and oxygen atoms in total. The van der Waals surface area contributed by atoms with Gasteiger partial charge in [-0.2, -0.15) is 0 Å². The van der Waals surface area contributed by atoms with E-state index in [1.165, 1.54) is 4.90 Å². The highest BCUT2D eigenvalue weighted by atomic mass is 35.5. The third-order valence-corrected chi connectivity index (χ3v) is 4.48. The smallest absolute Gasteiger partial charge is 0.399 e. The molecule has 6 heteroatoms. The highest BCUT2D eigenvalue weighted by molar-refractivity contribution is 6.62. The van der Waals surface area contributed by atoms with Crippen molar-refractivity contribution in [3.05, 3.63) is 28.8 Å². The van der Waals surface area contributed by atoms with E-state index in [0.717, 1.165) is 5.46 Å². The van der Waals surface area contributed by atoms with Gasteiger partial charge in [-0.25, -0.2) is 0 Å². The molecule has 0 saturated carbocycles. The van der Waals surface area contributed by atoms with E-state index in [0.29, 0.717) is 10.6 Å². The zero-order valence-electron chi connectivity index (χ0n) is 13.4. The summed E-state index contributed by atoms with van der Waals surface area (Å²) in [6.07, 6.45) is 0. The zero-order valence-corrected chi connectivity index (χ0v) is 14.1. The molecule has 114 valence electrons. The number of halogens is 1. The van der Waals surface area contributed by atoms with Crippen LogP contribution in [0.2, 0.25) is 5.02 Å². The fourth-order valence-electron chi connectivity index (χ4n) is 2.07. The van der Waals surface area contributed by atoms with Gasteiger partial charge < -0.3 is 14.2 Å². The summed E-state index contributed by atoms with van der Waals surface area (Å²) in [4.78, 5) is 13.6. The van der Waals surface area contributed by atoms with Crippen LogP contribution in [0.25, 0.3) is 0 Å². The molecule has 1 aliphatic heterocycles. The van der Waals surface area contributed by atoms with Crippen molar-refractivity contribution < 1.29 is 14.1 Å². The van der Waals surface area contributed by atoms with Crippen molar-refractivity contribution in [3.63, 3.8) is 0 Å². The summed E-state index contributed by atoms with van der Waals surface area (Å²) < 4.78 is 12.0. The fourth-order valence-corrected chi connectivity index (χ4v) is 2.27. The molecule has 1 aromatic carbocycles. The van der Waals surface area contributed by atoms with E-state index in [1.807, 2.05) is 33.8 Å². The Bertz CT molecular complexity index is 556. The van der Waals surface area contributed by atoms with E-state index >= 15 is 0 Å². The maximum absolute atomic E-state index is 12.1. The van der Waals surface area contributed by atoms with Crippen LogP contribution in [0.1, 0.15) is 38.1 Å². The summed E-state index contributed by atoms with van der Waals surface area (Å²) in [5, 5.41) is 0.425. The first kappa shape index (κ1) is 16.3. The van der Waals surface area contributed by atoms with Crippen LogP contribution in [0.15, 0.2) is 18.2 Å². The Morgan fingerprint density at radius 3 is 2.14 bits per heavy atom. The number of carbonyl (C=O) groups is 1. The molecule has 2 rings (SSSR count). The summed E-state index contributed by atoms with van der Waals surface area (Å²) in [5.41, 5.74) is 0.420. The monoisotopic (exact) mass is 309 g/mol. The number of hydrogen-bond acceptors (Lipinski definition) is 3. The summed E-state index contributed by atoms with van der Waals surface area (Å²) in [6.45, 7) is 7.98. The van der Waals surface area contributed by atoms with Gasteiger partial charge in [-0.05, 0) is 45.3 Å². The molecule has 1 amide bonds. The van der Waals surface area contributed by atoms with Crippen molar-refractivity contribution in [2.45, 2.75) is 38.9 Å². The summed E-state index contributed by atoms with van der Waals surface area (Å²) in [6, 6.07) is 5.28. The van der Waals surface area contributed by atoms with Crippen molar-refractivity contribution in [1.82, 2.24) is 4.90 Å². The van der Waals surface area contributed by atoms with Crippen LogP contribution >= 0.6 is 11.6 Å². The highest BCUT2D eigenvalue weighted by Gasteiger charge is 2.51. The fraction of sp³-hybridized carbons (Fsp3) is 0.533. The molecule has 0 atom stereocenters. The Kier molecular flexibility index (Phi) is 4.13. The van der Waals surface area contributed by atoms with Crippen LogP contribution in [0.5, 0.6) is 0 Å². The minimum absolute atomic E-state index is 0.140. The third kappa shape index (κ3) is 2.96. The molecule has 1 fully saturated rings. The van der Waals surface area contributed by atoms with Gasteiger partial charge in [0.1, 0.15) is 0 Å². The molecule has 0 spiro atoms. The predicted molar refractivity (Wildman–Crippen MR) is 85.2 cm³/mol. The Morgan fingerprint density at radius 2 is 1.67 bits per heavy atom. The molecule has 0 bridgehead atoms. The van der Waals surface area contributed by atoms with Gasteiger partial charge in [0.2, 0.25) is 0 Å². The van der Waals surface area contributed by atoms with Crippen LogP contribution in [-0.2, 0) is 9.31 Å². The number of amides is 1. The molecule has 1 heterocycles. The van der Waals surface area contributed by atoms with E-state index in [-0.39, 0.29) is 5.91 Å². The van der Waals surface area contributed by atoms with Crippen LogP contribution in [0.3, 0.4) is 0 Å². The van der Waals surface area contributed by atoms with Crippen molar-refractivity contribution in [1.29, 1.82) is 0 Å². The molecule has 0 aromatic heterocycles. The zero-order chi connectivity index (χ0) is 16.0. The average molecular weight is 310 g/mol. The molecule has 1 aliphatic rings. The number of hydrogen-bond donors (Lipinski definition) is 0. The second-order valence-corrected chi connectivity index (χ2v) is 6.93. The lowest BCUT2D eigenvalue weighted by Crippen LogP contribution is -2.41. The van der Waals surface area contributed by atoms with Crippen molar-refractivity contribution in [2.24, 2.45) is 0 Å². The van der Waals surface area contributed by atoms with E-state index in [1.54, 1.807) is 26.2 Å². The normalized spacial score (nSPS) is 19.7. The predicted octanol–water partition coefficient (Wildman–Crippen LogP) is 2.34. The lowest BCUT2D eigenvalue weighted by Gasteiger charge is -2.32. The highest BCUT2D eigenvalue weighted by Crippen LogP contribution is 2.36.